The molecule has 0 bridgehead atoms. The highest BCUT2D eigenvalue weighted by molar-refractivity contribution is 7.99. The first-order valence-corrected chi connectivity index (χ1v) is 7.21. The molecule has 0 spiro atoms. The summed E-state index contributed by atoms with van der Waals surface area (Å²) in [6, 6.07) is 7.93. The van der Waals surface area contributed by atoms with Gasteiger partial charge in [0.05, 0.1) is 7.11 Å². The molecule has 1 amide bonds. The second kappa shape index (κ2) is 6.82. The molecule has 19 heavy (non-hydrogen) atoms. The second-order valence-corrected chi connectivity index (χ2v) is 5.95. The average Bonchev–Trinajstić information content (AvgIpc) is 2.35. The SMILES string of the molecule is COc1ccccc1SCC(C)(NC(C)C)C(N)=O. The molecule has 0 saturated heterocycles. The van der Waals surface area contributed by atoms with Crippen molar-refractivity contribution in [2.75, 3.05) is 12.9 Å². The van der Waals surface area contributed by atoms with E-state index in [1.54, 1.807) is 18.9 Å². The Hall–Kier alpha value is -1.20. The molecule has 1 aromatic rings. The molecule has 0 aromatic heterocycles. The van der Waals surface area contributed by atoms with E-state index in [-0.39, 0.29) is 11.9 Å². The molecule has 0 radical (unpaired) electrons. The van der Waals surface area contributed by atoms with Gasteiger partial charge >= 0.3 is 0 Å². The molecule has 0 aliphatic carbocycles. The van der Waals surface area contributed by atoms with Crippen LogP contribution in [0.4, 0.5) is 0 Å². The third-order valence-electron chi connectivity index (χ3n) is 2.74. The first kappa shape index (κ1) is 15.9. The van der Waals surface area contributed by atoms with Crippen LogP contribution in [0.2, 0.25) is 0 Å². The molecule has 0 aliphatic heterocycles. The lowest BCUT2D eigenvalue weighted by Crippen LogP contribution is -2.57. The molecule has 1 unspecified atom stereocenters. The van der Waals surface area contributed by atoms with Crippen LogP contribution in [0.3, 0.4) is 0 Å². The van der Waals surface area contributed by atoms with Crippen molar-refractivity contribution >= 4 is 17.7 Å². The van der Waals surface area contributed by atoms with Crippen molar-refractivity contribution in [3.05, 3.63) is 24.3 Å². The number of thioether (sulfide) groups is 1. The summed E-state index contributed by atoms with van der Waals surface area (Å²) >= 11 is 1.56. The normalized spacial score (nSPS) is 14.2. The lowest BCUT2D eigenvalue weighted by molar-refractivity contribution is -0.123. The van der Waals surface area contributed by atoms with Gasteiger partial charge < -0.3 is 15.8 Å². The fourth-order valence-electron chi connectivity index (χ4n) is 1.78. The molecule has 4 nitrogen and oxygen atoms in total. The maximum atomic E-state index is 11.6. The number of amides is 1. The van der Waals surface area contributed by atoms with Gasteiger partial charge in [-0.15, -0.1) is 11.8 Å². The number of carbonyl (C=O) groups is 1. The van der Waals surface area contributed by atoms with Crippen molar-refractivity contribution < 1.29 is 9.53 Å². The van der Waals surface area contributed by atoms with Crippen molar-refractivity contribution in [1.82, 2.24) is 5.32 Å². The second-order valence-electron chi connectivity index (χ2n) is 4.93. The maximum absolute atomic E-state index is 11.6. The Kier molecular flexibility index (Phi) is 5.69. The fourth-order valence-corrected chi connectivity index (χ4v) is 2.92. The van der Waals surface area contributed by atoms with Crippen LogP contribution < -0.4 is 15.8 Å². The van der Waals surface area contributed by atoms with E-state index in [1.165, 1.54) is 0 Å². The van der Waals surface area contributed by atoms with Crippen molar-refractivity contribution in [3.8, 4) is 5.75 Å². The van der Waals surface area contributed by atoms with Crippen molar-refractivity contribution in [2.24, 2.45) is 5.73 Å². The van der Waals surface area contributed by atoms with Gasteiger partial charge in [0.2, 0.25) is 5.91 Å². The Morgan fingerprint density at radius 1 is 1.47 bits per heavy atom. The zero-order valence-electron chi connectivity index (χ0n) is 11.9. The number of nitrogens with two attached hydrogens (primary N) is 1. The maximum Gasteiger partial charge on any atom is 0.238 e. The minimum absolute atomic E-state index is 0.191. The van der Waals surface area contributed by atoms with Gasteiger partial charge in [0, 0.05) is 16.7 Å². The quantitative estimate of drug-likeness (QED) is 0.751. The smallest absolute Gasteiger partial charge is 0.238 e. The minimum Gasteiger partial charge on any atom is -0.496 e. The predicted octanol–water partition coefficient (Wildman–Crippen LogP) is 2.03. The molecular formula is C14H22N2O2S. The van der Waals surface area contributed by atoms with E-state index in [0.29, 0.717) is 5.75 Å². The van der Waals surface area contributed by atoms with Crippen LogP contribution in [-0.2, 0) is 4.79 Å². The molecule has 106 valence electrons. The summed E-state index contributed by atoms with van der Waals surface area (Å²) in [5, 5.41) is 3.23. The molecule has 0 saturated carbocycles. The summed E-state index contributed by atoms with van der Waals surface area (Å²) in [6.45, 7) is 5.82. The predicted molar refractivity (Wildman–Crippen MR) is 79.6 cm³/mol. The number of para-hydroxylation sites is 1. The summed E-state index contributed by atoms with van der Waals surface area (Å²) in [4.78, 5) is 12.7. The van der Waals surface area contributed by atoms with E-state index in [2.05, 4.69) is 5.32 Å². The summed E-state index contributed by atoms with van der Waals surface area (Å²) in [7, 11) is 1.64. The van der Waals surface area contributed by atoms with E-state index >= 15 is 0 Å². The average molecular weight is 282 g/mol. The Labute approximate surface area is 119 Å². The van der Waals surface area contributed by atoms with E-state index in [0.717, 1.165) is 10.6 Å². The lowest BCUT2D eigenvalue weighted by Gasteiger charge is -2.29. The van der Waals surface area contributed by atoms with Crippen molar-refractivity contribution in [2.45, 2.75) is 37.2 Å². The van der Waals surface area contributed by atoms with Gasteiger partial charge in [-0.05, 0) is 32.9 Å². The number of methoxy groups -OCH3 is 1. The minimum atomic E-state index is -0.736. The molecule has 1 aromatic carbocycles. The molecule has 3 N–H and O–H groups in total. The summed E-state index contributed by atoms with van der Waals surface area (Å²) in [5.41, 5.74) is 4.77. The molecular weight excluding hydrogens is 260 g/mol. The molecule has 1 atom stereocenters. The highest BCUT2D eigenvalue weighted by Crippen LogP contribution is 2.31. The fraction of sp³-hybridized carbons (Fsp3) is 0.500. The van der Waals surface area contributed by atoms with Crippen LogP contribution in [0.25, 0.3) is 0 Å². The standard InChI is InChI=1S/C14H22N2O2S/c1-10(2)16-14(3,13(15)17)9-19-12-8-6-5-7-11(12)18-4/h5-8,10,16H,9H2,1-4H3,(H2,15,17). The van der Waals surface area contributed by atoms with Gasteiger partial charge in [0.25, 0.3) is 0 Å². The third-order valence-corrected chi connectivity index (χ3v) is 4.11. The zero-order chi connectivity index (χ0) is 14.5. The lowest BCUT2D eigenvalue weighted by atomic mass is 10.0. The Morgan fingerprint density at radius 2 is 2.11 bits per heavy atom. The summed E-state index contributed by atoms with van der Waals surface area (Å²) in [5.74, 6) is 1.02. The topological polar surface area (TPSA) is 64.3 Å². The van der Waals surface area contributed by atoms with Crippen molar-refractivity contribution in [3.63, 3.8) is 0 Å². The van der Waals surface area contributed by atoms with Gasteiger partial charge in [-0.2, -0.15) is 0 Å². The molecule has 1 rings (SSSR count). The number of primary amides is 1. The largest absolute Gasteiger partial charge is 0.496 e. The van der Waals surface area contributed by atoms with E-state index < -0.39 is 5.54 Å². The van der Waals surface area contributed by atoms with Crippen LogP contribution >= 0.6 is 11.8 Å². The van der Waals surface area contributed by atoms with Crippen LogP contribution in [0.5, 0.6) is 5.75 Å². The number of rotatable bonds is 7. The highest BCUT2D eigenvalue weighted by atomic mass is 32.2. The first-order chi connectivity index (χ1) is 8.89. The summed E-state index contributed by atoms with van der Waals surface area (Å²) < 4.78 is 5.29. The van der Waals surface area contributed by atoms with Crippen LogP contribution in [0.1, 0.15) is 20.8 Å². The molecule has 0 aliphatic rings. The molecule has 0 fully saturated rings. The Bertz CT molecular complexity index is 437. The number of hydrogen-bond donors (Lipinski definition) is 2. The van der Waals surface area contributed by atoms with Gasteiger partial charge in [0.1, 0.15) is 11.3 Å². The van der Waals surface area contributed by atoms with Crippen LogP contribution in [0.15, 0.2) is 29.2 Å². The van der Waals surface area contributed by atoms with Crippen molar-refractivity contribution in [1.29, 1.82) is 0 Å². The number of carbonyl (C=O) groups excluding carboxylic acids is 1. The van der Waals surface area contributed by atoms with Crippen LogP contribution in [0, 0.1) is 0 Å². The molecule has 5 heteroatoms. The Balaban J connectivity index is 2.79. The van der Waals surface area contributed by atoms with Gasteiger partial charge in [0.15, 0.2) is 0 Å². The number of hydrogen-bond acceptors (Lipinski definition) is 4. The monoisotopic (exact) mass is 282 g/mol. The number of nitrogens with one attached hydrogen (secondary N) is 1. The van der Waals surface area contributed by atoms with Gasteiger partial charge in [-0.25, -0.2) is 0 Å². The van der Waals surface area contributed by atoms with Gasteiger partial charge in [-0.1, -0.05) is 12.1 Å². The van der Waals surface area contributed by atoms with Crippen LogP contribution in [-0.4, -0.2) is 30.4 Å². The third kappa shape index (κ3) is 4.44. The zero-order valence-corrected chi connectivity index (χ0v) is 12.7. The highest BCUT2D eigenvalue weighted by Gasteiger charge is 2.31. The summed E-state index contributed by atoms with van der Waals surface area (Å²) in [6.07, 6.45) is 0. The number of benzene rings is 1. The Morgan fingerprint density at radius 3 is 2.63 bits per heavy atom. The van der Waals surface area contributed by atoms with E-state index in [1.807, 2.05) is 45.0 Å². The van der Waals surface area contributed by atoms with E-state index in [4.69, 9.17) is 10.5 Å². The number of ether oxygens (including phenoxy) is 1. The molecule has 0 heterocycles. The van der Waals surface area contributed by atoms with E-state index in [9.17, 15) is 4.79 Å². The first-order valence-electron chi connectivity index (χ1n) is 6.22. The van der Waals surface area contributed by atoms with Gasteiger partial charge in [-0.3, -0.25) is 4.79 Å².